The van der Waals surface area contributed by atoms with Crippen LogP contribution < -0.4 is 0 Å². The van der Waals surface area contributed by atoms with Crippen LogP contribution in [-0.4, -0.2) is 18.5 Å². The van der Waals surface area contributed by atoms with Crippen molar-refractivity contribution < 1.29 is 4.74 Å². The number of hydrogen-bond acceptors (Lipinski definition) is 2. The molecule has 0 heterocycles. The van der Waals surface area contributed by atoms with Crippen LogP contribution in [0.1, 0.15) is 32.6 Å². The highest BCUT2D eigenvalue weighted by molar-refractivity contribution is 7.99. The summed E-state index contributed by atoms with van der Waals surface area (Å²) in [5, 5.41) is 0. The van der Waals surface area contributed by atoms with Crippen molar-refractivity contribution in [3.8, 4) is 0 Å². The molecule has 94 valence electrons. The summed E-state index contributed by atoms with van der Waals surface area (Å²) in [6.07, 6.45) is 5.86. The molecule has 17 heavy (non-hydrogen) atoms. The van der Waals surface area contributed by atoms with Gasteiger partial charge in [0.1, 0.15) is 0 Å². The number of benzene rings is 1. The van der Waals surface area contributed by atoms with Crippen molar-refractivity contribution in [3.63, 3.8) is 0 Å². The Morgan fingerprint density at radius 2 is 1.94 bits per heavy atom. The van der Waals surface area contributed by atoms with Crippen molar-refractivity contribution in [1.82, 2.24) is 0 Å². The molecule has 0 N–H and O–H groups in total. The molecule has 0 bridgehead atoms. The van der Waals surface area contributed by atoms with Crippen LogP contribution in [-0.2, 0) is 4.74 Å². The van der Waals surface area contributed by atoms with Gasteiger partial charge in [-0.15, -0.1) is 11.8 Å². The van der Waals surface area contributed by atoms with E-state index in [4.69, 9.17) is 4.74 Å². The second kappa shape index (κ2) is 7.07. The monoisotopic (exact) mass is 250 g/mol. The summed E-state index contributed by atoms with van der Waals surface area (Å²) < 4.78 is 6.00. The Kier molecular flexibility index (Phi) is 5.40. The summed E-state index contributed by atoms with van der Waals surface area (Å²) in [6, 6.07) is 10.6. The van der Waals surface area contributed by atoms with Crippen molar-refractivity contribution in [2.75, 3.05) is 12.4 Å². The Morgan fingerprint density at radius 3 is 2.71 bits per heavy atom. The Labute approximate surface area is 109 Å². The van der Waals surface area contributed by atoms with Gasteiger partial charge in [-0.3, -0.25) is 0 Å². The smallest absolute Gasteiger partial charge is 0.0601 e. The van der Waals surface area contributed by atoms with Crippen LogP contribution in [0.15, 0.2) is 35.2 Å². The zero-order chi connectivity index (χ0) is 11.9. The first kappa shape index (κ1) is 13.0. The van der Waals surface area contributed by atoms with Gasteiger partial charge in [0.15, 0.2) is 0 Å². The van der Waals surface area contributed by atoms with Gasteiger partial charge in [-0.25, -0.2) is 0 Å². The quantitative estimate of drug-likeness (QED) is 0.567. The van der Waals surface area contributed by atoms with E-state index >= 15 is 0 Å². The fraction of sp³-hybridized carbons (Fsp3) is 0.600. The van der Waals surface area contributed by atoms with E-state index in [2.05, 4.69) is 37.3 Å². The van der Waals surface area contributed by atoms with Crippen molar-refractivity contribution in [2.24, 2.45) is 5.92 Å². The van der Waals surface area contributed by atoms with Gasteiger partial charge in [-0.05, 0) is 30.9 Å². The molecule has 0 radical (unpaired) electrons. The molecule has 0 aromatic heterocycles. The van der Waals surface area contributed by atoms with Crippen LogP contribution in [0, 0.1) is 5.92 Å². The first-order valence-corrected chi connectivity index (χ1v) is 7.64. The number of thioether (sulfide) groups is 1. The average Bonchev–Trinajstić information content (AvgIpc) is 2.38. The molecule has 0 aliphatic heterocycles. The van der Waals surface area contributed by atoms with Crippen LogP contribution in [0.4, 0.5) is 0 Å². The summed E-state index contributed by atoms with van der Waals surface area (Å²) in [4.78, 5) is 1.34. The van der Waals surface area contributed by atoms with E-state index in [1.807, 2.05) is 11.8 Å². The fourth-order valence-corrected chi connectivity index (χ4v) is 3.17. The normalized spacial score (nSPS) is 24.8. The maximum Gasteiger partial charge on any atom is 0.0601 e. The Morgan fingerprint density at radius 1 is 1.18 bits per heavy atom. The summed E-state index contributed by atoms with van der Waals surface area (Å²) in [6.45, 7) is 3.21. The lowest BCUT2D eigenvalue weighted by Gasteiger charge is -2.28. The highest BCUT2D eigenvalue weighted by atomic mass is 32.2. The molecule has 0 amide bonds. The summed E-state index contributed by atoms with van der Waals surface area (Å²) in [7, 11) is 0. The number of ether oxygens (including phenoxy) is 1. The molecular formula is C15H22OS. The zero-order valence-electron chi connectivity index (χ0n) is 10.6. The number of hydrogen-bond donors (Lipinski definition) is 0. The minimum Gasteiger partial charge on any atom is -0.377 e. The van der Waals surface area contributed by atoms with Gasteiger partial charge in [0.25, 0.3) is 0 Å². The third-order valence-corrected chi connectivity index (χ3v) is 4.44. The van der Waals surface area contributed by atoms with E-state index in [1.165, 1.54) is 30.6 Å². The first-order chi connectivity index (χ1) is 8.36. The lowest BCUT2D eigenvalue weighted by Crippen LogP contribution is -2.26. The Balaban J connectivity index is 1.63. The van der Waals surface area contributed by atoms with Gasteiger partial charge >= 0.3 is 0 Å². The van der Waals surface area contributed by atoms with E-state index in [0.29, 0.717) is 6.10 Å². The standard InChI is InChI=1S/C15H22OS/c1-13-7-5-6-10-15(13)16-11-12-17-14-8-3-2-4-9-14/h2-4,8-9,13,15H,5-7,10-12H2,1H3. The van der Waals surface area contributed by atoms with Gasteiger partial charge in [0, 0.05) is 10.6 Å². The second-order valence-electron chi connectivity index (χ2n) is 4.83. The van der Waals surface area contributed by atoms with Gasteiger partial charge in [0.05, 0.1) is 12.7 Å². The minimum absolute atomic E-state index is 0.514. The van der Waals surface area contributed by atoms with Crippen molar-refractivity contribution in [1.29, 1.82) is 0 Å². The highest BCUT2D eigenvalue weighted by Gasteiger charge is 2.21. The minimum atomic E-state index is 0.514. The Bertz CT molecular complexity index is 312. The predicted molar refractivity (Wildman–Crippen MR) is 74.5 cm³/mol. The molecule has 2 heteroatoms. The molecule has 0 spiro atoms. The molecule has 2 rings (SSSR count). The lowest BCUT2D eigenvalue weighted by atomic mass is 9.88. The van der Waals surface area contributed by atoms with Crippen LogP contribution in [0.2, 0.25) is 0 Å². The molecule has 1 nitrogen and oxygen atoms in total. The lowest BCUT2D eigenvalue weighted by molar-refractivity contribution is 0.00347. The van der Waals surface area contributed by atoms with Gasteiger partial charge in [-0.1, -0.05) is 38.0 Å². The van der Waals surface area contributed by atoms with Crippen LogP contribution in [0.3, 0.4) is 0 Å². The topological polar surface area (TPSA) is 9.23 Å². The van der Waals surface area contributed by atoms with E-state index in [0.717, 1.165) is 18.3 Å². The molecule has 2 unspecified atom stereocenters. The molecule has 1 saturated carbocycles. The van der Waals surface area contributed by atoms with Gasteiger partial charge < -0.3 is 4.74 Å². The highest BCUT2D eigenvalue weighted by Crippen LogP contribution is 2.26. The number of rotatable bonds is 5. The molecule has 1 aliphatic carbocycles. The zero-order valence-corrected chi connectivity index (χ0v) is 11.4. The average molecular weight is 250 g/mol. The van der Waals surface area contributed by atoms with Crippen molar-refractivity contribution >= 4 is 11.8 Å². The maximum absolute atomic E-state index is 6.00. The molecular weight excluding hydrogens is 228 g/mol. The van der Waals surface area contributed by atoms with E-state index in [9.17, 15) is 0 Å². The third kappa shape index (κ3) is 4.36. The van der Waals surface area contributed by atoms with Gasteiger partial charge in [-0.2, -0.15) is 0 Å². The molecule has 1 aromatic carbocycles. The summed E-state index contributed by atoms with van der Waals surface area (Å²) in [5.74, 6) is 1.82. The molecule has 1 aromatic rings. The molecule has 1 fully saturated rings. The van der Waals surface area contributed by atoms with E-state index in [-0.39, 0.29) is 0 Å². The fourth-order valence-electron chi connectivity index (χ4n) is 2.41. The first-order valence-electron chi connectivity index (χ1n) is 6.66. The van der Waals surface area contributed by atoms with Crippen LogP contribution in [0.5, 0.6) is 0 Å². The largest absolute Gasteiger partial charge is 0.377 e. The van der Waals surface area contributed by atoms with Gasteiger partial charge in [0.2, 0.25) is 0 Å². The maximum atomic E-state index is 6.00. The van der Waals surface area contributed by atoms with Crippen molar-refractivity contribution in [2.45, 2.75) is 43.6 Å². The molecule has 1 aliphatic rings. The summed E-state index contributed by atoms with van der Waals surface area (Å²) in [5.41, 5.74) is 0. The SMILES string of the molecule is CC1CCCCC1OCCSc1ccccc1. The Hall–Kier alpha value is -0.470. The molecule has 0 saturated heterocycles. The third-order valence-electron chi connectivity index (χ3n) is 3.46. The molecule has 2 atom stereocenters. The summed E-state index contributed by atoms with van der Waals surface area (Å²) >= 11 is 1.89. The van der Waals surface area contributed by atoms with Crippen LogP contribution >= 0.6 is 11.8 Å². The van der Waals surface area contributed by atoms with Crippen LogP contribution in [0.25, 0.3) is 0 Å². The second-order valence-corrected chi connectivity index (χ2v) is 6.00. The van der Waals surface area contributed by atoms with E-state index < -0.39 is 0 Å². The van der Waals surface area contributed by atoms with E-state index in [1.54, 1.807) is 0 Å². The van der Waals surface area contributed by atoms with Crippen molar-refractivity contribution in [3.05, 3.63) is 30.3 Å². The predicted octanol–water partition coefficient (Wildman–Crippen LogP) is 4.37.